The number of hydrogen-bond donors (Lipinski definition) is 1. The maximum absolute atomic E-state index is 12.3. The van der Waals surface area contributed by atoms with Crippen LogP contribution < -0.4 is 5.32 Å². The summed E-state index contributed by atoms with van der Waals surface area (Å²) in [4.78, 5) is 27.1. The van der Waals surface area contributed by atoms with Gasteiger partial charge < -0.3 is 9.84 Å². The van der Waals surface area contributed by atoms with Crippen molar-refractivity contribution in [1.29, 1.82) is 0 Å². The smallest absolute Gasteiger partial charge is 0.270 e. The molecule has 148 valence electrons. The van der Waals surface area contributed by atoms with Crippen LogP contribution in [0.1, 0.15) is 31.3 Å². The molecule has 0 aliphatic rings. The minimum Gasteiger partial charge on any atom is -0.340 e. The van der Waals surface area contributed by atoms with Crippen LogP contribution in [0.15, 0.2) is 65.2 Å². The number of non-ortho nitro benzene ring substituents is 1. The molecule has 3 rings (SSSR count). The van der Waals surface area contributed by atoms with Gasteiger partial charge >= 0.3 is 0 Å². The van der Waals surface area contributed by atoms with E-state index in [2.05, 4.69) is 15.5 Å². The zero-order valence-corrected chi connectivity index (χ0v) is 16.0. The third-order valence-corrected chi connectivity index (χ3v) is 4.21. The lowest BCUT2D eigenvalue weighted by Gasteiger charge is -2.17. The highest BCUT2D eigenvalue weighted by molar-refractivity contribution is 5.91. The molecule has 1 amide bonds. The van der Waals surface area contributed by atoms with E-state index in [0.717, 1.165) is 5.56 Å². The molecule has 1 aromatic heterocycles. The molecule has 1 N–H and O–H groups in total. The first-order valence-electron chi connectivity index (χ1n) is 9.06. The number of nitrogens with zero attached hydrogens (tertiary/aromatic N) is 3. The summed E-state index contributed by atoms with van der Waals surface area (Å²) in [5, 5.41) is 17.7. The van der Waals surface area contributed by atoms with Gasteiger partial charge in [0.2, 0.25) is 17.6 Å². The molecule has 0 saturated carbocycles. The van der Waals surface area contributed by atoms with Gasteiger partial charge in [-0.25, -0.2) is 0 Å². The summed E-state index contributed by atoms with van der Waals surface area (Å²) in [6, 6.07) is 15.0. The number of amides is 1. The predicted molar refractivity (Wildman–Crippen MR) is 108 cm³/mol. The van der Waals surface area contributed by atoms with E-state index in [-0.39, 0.29) is 29.2 Å². The number of nitro benzene ring substituents is 1. The number of benzene rings is 2. The van der Waals surface area contributed by atoms with Crippen molar-refractivity contribution in [2.24, 2.45) is 5.92 Å². The highest BCUT2D eigenvalue weighted by atomic mass is 16.6. The molecule has 0 radical (unpaired) electrons. The fourth-order valence-electron chi connectivity index (χ4n) is 2.69. The monoisotopic (exact) mass is 392 g/mol. The molecule has 29 heavy (non-hydrogen) atoms. The molecule has 0 spiro atoms. The second kappa shape index (κ2) is 8.92. The molecular weight excluding hydrogens is 372 g/mol. The van der Waals surface area contributed by atoms with Gasteiger partial charge in [0.25, 0.3) is 5.69 Å². The van der Waals surface area contributed by atoms with E-state index in [1.54, 1.807) is 18.2 Å². The number of nitrogens with one attached hydrogen (secondary N) is 1. The van der Waals surface area contributed by atoms with E-state index in [9.17, 15) is 14.9 Å². The molecule has 0 aliphatic heterocycles. The third kappa shape index (κ3) is 5.13. The fourth-order valence-corrected chi connectivity index (χ4v) is 2.69. The van der Waals surface area contributed by atoms with Gasteiger partial charge in [-0.2, -0.15) is 4.98 Å². The fraction of sp³-hybridized carbons (Fsp3) is 0.190. The first-order chi connectivity index (χ1) is 13.9. The molecule has 1 atom stereocenters. The van der Waals surface area contributed by atoms with E-state index in [1.165, 1.54) is 18.2 Å². The number of nitro groups is 1. The Kier molecular flexibility index (Phi) is 6.13. The molecule has 8 heteroatoms. The Morgan fingerprint density at radius 1 is 1.17 bits per heavy atom. The zero-order chi connectivity index (χ0) is 20.8. The summed E-state index contributed by atoms with van der Waals surface area (Å²) in [6.45, 7) is 3.84. The zero-order valence-electron chi connectivity index (χ0n) is 16.0. The molecule has 3 aromatic rings. The molecule has 2 aromatic carbocycles. The summed E-state index contributed by atoms with van der Waals surface area (Å²) < 4.78 is 5.34. The van der Waals surface area contributed by atoms with Gasteiger partial charge in [-0.05, 0) is 17.6 Å². The summed E-state index contributed by atoms with van der Waals surface area (Å²) >= 11 is 0. The van der Waals surface area contributed by atoms with Crippen LogP contribution in [0, 0.1) is 16.0 Å². The summed E-state index contributed by atoms with van der Waals surface area (Å²) in [5.41, 5.74) is 1.31. The van der Waals surface area contributed by atoms with E-state index < -0.39 is 11.0 Å². The maximum atomic E-state index is 12.3. The third-order valence-electron chi connectivity index (χ3n) is 4.21. The molecule has 1 unspecified atom stereocenters. The van der Waals surface area contributed by atoms with Crippen LogP contribution in [0.3, 0.4) is 0 Å². The van der Waals surface area contributed by atoms with E-state index in [1.807, 2.05) is 44.2 Å². The topological polar surface area (TPSA) is 111 Å². The minimum absolute atomic E-state index is 0.0116. The van der Waals surface area contributed by atoms with Gasteiger partial charge in [0.1, 0.15) is 6.04 Å². The number of rotatable bonds is 7. The Morgan fingerprint density at radius 3 is 2.62 bits per heavy atom. The average molecular weight is 392 g/mol. The van der Waals surface area contributed by atoms with Crippen LogP contribution in [0.5, 0.6) is 0 Å². The van der Waals surface area contributed by atoms with Gasteiger partial charge in [-0.3, -0.25) is 14.9 Å². The second-order valence-corrected chi connectivity index (χ2v) is 6.74. The highest BCUT2D eigenvalue weighted by Gasteiger charge is 2.24. The quantitative estimate of drug-likeness (QED) is 0.367. The van der Waals surface area contributed by atoms with E-state index in [0.29, 0.717) is 5.56 Å². The van der Waals surface area contributed by atoms with Crippen molar-refractivity contribution in [3.05, 3.63) is 82.2 Å². The van der Waals surface area contributed by atoms with Crippen molar-refractivity contribution in [2.45, 2.75) is 19.9 Å². The van der Waals surface area contributed by atoms with Crippen LogP contribution in [-0.4, -0.2) is 21.0 Å². The Bertz CT molecular complexity index is 1030. The van der Waals surface area contributed by atoms with Gasteiger partial charge in [0.15, 0.2) is 0 Å². The Morgan fingerprint density at radius 2 is 1.93 bits per heavy atom. The highest BCUT2D eigenvalue weighted by Crippen LogP contribution is 2.25. The van der Waals surface area contributed by atoms with Crippen LogP contribution in [0.4, 0.5) is 5.69 Å². The summed E-state index contributed by atoms with van der Waals surface area (Å²) in [6.07, 6.45) is 3.16. The van der Waals surface area contributed by atoms with Gasteiger partial charge in [-0.1, -0.05) is 61.5 Å². The van der Waals surface area contributed by atoms with E-state index >= 15 is 0 Å². The molecule has 0 bridgehead atoms. The predicted octanol–water partition coefficient (Wildman–Crippen LogP) is 4.17. The van der Waals surface area contributed by atoms with Gasteiger partial charge in [-0.15, -0.1) is 0 Å². The Balaban J connectivity index is 1.76. The van der Waals surface area contributed by atoms with Crippen molar-refractivity contribution >= 4 is 17.7 Å². The van der Waals surface area contributed by atoms with E-state index in [4.69, 9.17) is 4.52 Å². The van der Waals surface area contributed by atoms with Crippen molar-refractivity contribution in [2.75, 3.05) is 0 Å². The number of carbonyl (C=O) groups is 1. The Hall–Kier alpha value is -3.81. The molecule has 0 fully saturated rings. The van der Waals surface area contributed by atoms with Gasteiger partial charge in [0, 0.05) is 23.8 Å². The Labute approximate surface area is 167 Å². The molecule has 0 aliphatic carbocycles. The van der Waals surface area contributed by atoms with Crippen LogP contribution in [0.25, 0.3) is 17.5 Å². The first kappa shape index (κ1) is 19.9. The summed E-state index contributed by atoms with van der Waals surface area (Å²) in [7, 11) is 0. The summed E-state index contributed by atoms with van der Waals surface area (Å²) in [5.74, 6) is 0.163. The molecule has 0 saturated heterocycles. The van der Waals surface area contributed by atoms with Crippen molar-refractivity contribution in [3.63, 3.8) is 0 Å². The number of aromatic nitrogens is 2. The average Bonchev–Trinajstić information content (AvgIpc) is 3.21. The molecule has 1 heterocycles. The van der Waals surface area contributed by atoms with Crippen molar-refractivity contribution in [1.82, 2.24) is 15.5 Å². The standard InChI is InChI=1S/C21H20N4O4/c1-14(2)19(22-18(26)12-11-15-7-4-3-5-8-15)21-23-20(24-29-21)16-9-6-10-17(13-16)25(27)28/h3-14,19H,1-2H3,(H,22,26)/b12-11+. The van der Waals surface area contributed by atoms with Crippen molar-refractivity contribution < 1.29 is 14.2 Å². The lowest BCUT2D eigenvalue weighted by molar-refractivity contribution is -0.384. The number of hydrogen-bond acceptors (Lipinski definition) is 6. The van der Waals surface area contributed by atoms with Crippen LogP contribution in [-0.2, 0) is 4.79 Å². The van der Waals surface area contributed by atoms with Crippen molar-refractivity contribution in [3.8, 4) is 11.4 Å². The lowest BCUT2D eigenvalue weighted by atomic mass is 10.0. The molecule has 8 nitrogen and oxygen atoms in total. The lowest BCUT2D eigenvalue weighted by Crippen LogP contribution is -2.30. The van der Waals surface area contributed by atoms with Crippen LogP contribution >= 0.6 is 0 Å². The normalized spacial score (nSPS) is 12.2. The van der Waals surface area contributed by atoms with Crippen LogP contribution in [0.2, 0.25) is 0 Å². The molecular formula is C21H20N4O4. The van der Waals surface area contributed by atoms with Gasteiger partial charge in [0.05, 0.1) is 4.92 Å². The number of carbonyl (C=O) groups excluding carboxylic acids is 1. The maximum Gasteiger partial charge on any atom is 0.270 e. The minimum atomic E-state index is -0.497. The SMILES string of the molecule is CC(C)C(NC(=O)/C=C/c1ccccc1)c1nc(-c2cccc([N+](=O)[O-])c2)no1. The first-order valence-corrected chi connectivity index (χ1v) is 9.06. The second-order valence-electron chi connectivity index (χ2n) is 6.74. The largest absolute Gasteiger partial charge is 0.340 e.